The topological polar surface area (TPSA) is 61.6 Å². The van der Waals surface area contributed by atoms with Crippen LogP contribution in [0.4, 0.5) is 0 Å². The van der Waals surface area contributed by atoms with Gasteiger partial charge in [-0.05, 0) is 31.0 Å². The Kier molecular flexibility index (Phi) is 1.51. The zero-order valence-electron chi connectivity index (χ0n) is 8.03. The van der Waals surface area contributed by atoms with E-state index in [1.54, 1.807) is 22.8 Å². The summed E-state index contributed by atoms with van der Waals surface area (Å²) in [6.45, 7) is 0. The second-order valence-electron chi connectivity index (χ2n) is 3.88. The Morgan fingerprint density at radius 3 is 2.93 bits per heavy atom. The summed E-state index contributed by atoms with van der Waals surface area (Å²) in [6, 6.07) is 7.69. The number of hydrogen-bond acceptors (Lipinski definition) is 2. The Morgan fingerprint density at radius 2 is 2.27 bits per heavy atom. The van der Waals surface area contributed by atoms with Gasteiger partial charge < -0.3 is 4.98 Å². The third kappa shape index (κ3) is 1.17. The third-order valence-corrected chi connectivity index (χ3v) is 2.76. The van der Waals surface area contributed by atoms with Gasteiger partial charge in [0.15, 0.2) is 0 Å². The van der Waals surface area contributed by atoms with Crippen LogP contribution in [-0.4, -0.2) is 9.55 Å². The molecule has 0 aliphatic heterocycles. The van der Waals surface area contributed by atoms with Gasteiger partial charge in [0.25, 0.3) is 0 Å². The molecule has 1 fully saturated rings. The normalized spacial score (nSPS) is 15.4. The number of rotatable bonds is 1. The Bertz CT molecular complexity index is 625. The number of nitriles is 1. The molecule has 15 heavy (non-hydrogen) atoms. The molecule has 0 amide bonds. The van der Waals surface area contributed by atoms with Crippen LogP contribution < -0.4 is 5.69 Å². The van der Waals surface area contributed by atoms with Crippen LogP contribution in [0.3, 0.4) is 0 Å². The molecule has 1 aliphatic carbocycles. The molecule has 4 heteroatoms. The first-order chi connectivity index (χ1) is 7.29. The lowest BCUT2D eigenvalue weighted by molar-refractivity contribution is 0.733. The summed E-state index contributed by atoms with van der Waals surface area (Å²) in [5.74, 6) is 0. The predicted octanol–water partition coefficient (Wildman–Crippen LogP) is 1.54. The van der Waals surface area contributed by atoms with Crippen LogP contribution in [0.15, 0.2) is 23.0 Å². The van der Waals surface area contributed by atoms with Crippen molar-refractivity contribution in [3.05, 3.63) is 34.2 Å². The molecular formula is C11H9N3O. The van der Waals surface area contributed by atoms with Crippen molar-refractivity contribution < 1.29 is 0 Å². The Hall–Kier alpha value is -2.02. The van der Waals surface area contributed by atoms with Gasteiger partial charge in [-0.2, -0.15) is 5.26 Å². The monoisotopic (exact) mass is 199 g/mol. The molecule has 0 atom stereocenters. The molecule has 0 unspecified atom stereocenters. The lowest BCUT2D eigenvalue weighted by Crippen LogP contribution is -2.14. The number of fused-ring (bicyclic) bond motifs is 1. The minimum atomic E-state index is -0.0670. The minimum absolute atomic E-state index is 0.0670. The van der Waals surface area contributed by atoms with E-state index in [1.807, 2.05) is 0 Å². The summed E-state index contributed by atoms with van der Waals surface area (Å²) in [5.41, 5.74) is 2.19. The van der Waals surface area contributed by atoms with Crippen LogP contribution >= 0.6 is 0 Å². The highest BCUT2D eigenvalue weighted by Crippen LogP contribution is 2.35. The molecule has 2 aromatic rings. The second-order valence-corrected chi connectivity index (χ2v) is 3.88. The second kappa shape index (κ2) is 2.74. The number of hydrogen-bond donors (Lipinski definition) is 1. The SMILES string of the molecule is N#Cc1ccc2[nH]c(=O)n(C3CC3)c2c1. The third-order valence-electron chi connectivity index (χ3n) is 2.76. The molecule has 74 valence electrons. The Labute approximate surface area is 85.8 Å². The van der Waals surface area contributed by atoms with Crippen LogP contribution in [0.5, 0.6) is 0 Å². The van der Waals surface area contributed by atoms with E-state index in [0.29, 0.717) is 11.6 Å². The summed E-state index contributed by atoms with van der Waals surface area (Å²) < 4.78 is 1.76. The maximum Gasteiger partial charge on any atom is 0.326 e. The van der Waals surface area contributed by atoms with E-state index in [-0.39, 0.29) is 5.69 Å². The molecule has 1 aliphatic rings. The van der Waals surface area contributed by atoms with E-state index in [4.69, 9.17) is 5.26 Å². The first-order valence-electron chi connectivity index (χ1n) is 4.94. The summed E-state index contributed by atoms with van der Waals surface area (Å²) in [5, 5.41) is 8.80. The van der Waals surface area contributed by atoms with Gasteiger partial charge in [0.1, 0.15) is 0 Å². The highest BCUT2D eigenvalue weighted by molar-refractivity contribution is 5.77. The number of H-pyrrole nitrogens is 1. The molecule has 1 aromatic heterocycles. The first kappa shape index (κ1) is 8.30. The lowest BCUT2D eigenvalue weighted by Gasteiger charge is -1.98. The number of aromatic amines is 1. The highest BCUT2D eigenvalue weighted by atomic mass is 16.1. The molecular weight excluding hydrogens is 190 g/mol. The quantitative estimate of drug-likeness (QED) is 0.757. The van der Waals surface area contributed by atoms with Gasteiger partial charge in [-0.3, -0.25) is 4.57 Å². The zero-order valence-corrected chi connectivity index (χ0v) is 8.03. The fourth-order valence-corrected chi connectivity index (χ4v) is 1.89. The molecule has 4 nitrogen and oxygen atoms in total. The number of nitrogens with zero attached hydrogens (tertiary/aromatic N) is 2. The fraction of sp³-hybridized carbons (Fsp3) is 0.273. The van der Waals surface area contributed by atoms with Crippen molar-refractivity contribution in [1.82, 2.24) is 9.55 Å². The van der Waals surface area contributed by atoms with Crippen LogP contribution in [0.1, 0.15) is 24.4 Å². The van der Waals surface area contributed by atoms with Crippen molar-refractivity contribution in [1.29, 1.82) is 5.26 Å². The minimum Gasteiger partial charge on any atom is -0.306 e. The number of imidazole rings is 1. The number of benzene rings is 1. The summed E-state index contributed by atoms with van der Waals surface area (Å²) in [6.07, 6.45) is 2.12. The fourth-order valence-electron chi connectivity index (χ4n) is 1.89. The summed E-state index contributed by atoms with van der Waals surface area (Å²) in [4.78, 5) is 14.4. The maximum absolute atomic E-state index is 11.6. The molecule has 1 N–H and O–H groups in total. The molecule has 1 aromatic carbocycles. The van der Waals surface area contributed by atoms with Gasteiger partial charge in [-0.15, -0.1) is 0 Å². The summed E-state index contributed by atoms with van der Waals surface area (Å²) in [7, 11) is 0. The Balaban J connectivity index is 2.37. The molecule has 1 heterocycles. The van der Waals surface area contributed by atoms with Crippen molar-refractivity contribution in [2.45, 2.75) is 18.9 Å². The van der Waals surface area contributed by atoms with E-state index < -0.39 is 0 Å². The van der Waals surface area contributed by atoms with Crippen LogP contribution in [-0.2, 0) is 0 Å². The van der Waals surface area contributed by atoms with E-state index in [9.17, 15) is 4.79 Å². The zero-order chi connectivity index (χ0) is 10.4. The van der Waals surface area contributed by atoms with Gasteiger partial charge in [0.2, 0.25) is 0 Å². The van der Waals surface area contributed by atoms with Gasteiger partial charge in [0.05, 0.1) is 22.7 Å². The van der Waals surface area contributed by atoms with Crippen molar-refractivity contribution in [2.75, 3.05) is 0 Å². The maximum atomic E-state index is 11.6. The first-order valence-corrected chi connectivity index (χ1v) is 4.94. The van der Waals surface area contributed by atoms with Gasteiger partial charge >= 0.3 is 5.69 Å². The number of aromatic nitrogens is 2. The van der Waals surface area contributed by atoms with Crippen molar-refractivity contribution in [3.8, 4) is 6.07 Å². The average molecular weight is 199 g/mol. The van der Waals surface area contributed by atoms with Crippen molar-refractivity contribution in [2.24, 2.45) is 0 Å². The van der Waals surface area contributed by atoms with Crippen molar-refractivity contribution >= 4 is 11.0 Å². The van der Waals surface area contributed by atoms with Gasteiger partial charge in [-0.25, -0.2) is 4.79 Å². The van der Waals surface area contributed by atoms with Crippen LogP contribution in [0, 0.1) is 11.3 Å². The standard InChI is InChI=1S/C11H9N3O/c12-6-7-1-4-9-10(5-7)14(8-2-3-8)11(15)13-9/h1,4-5,8H,2-3H2,(H,13,15). The van der Waals surface area contributed by atoms with Crippen LogP contribution in [0.2, 0.25) is 0 Å². The largest absolute Gasteiger partial charge is 0.326 e. The van der Waals surface area contributed by atoms with E-state index in [2.05, 4.69) is 11.1 Å². The van der Waals surface area contributed by atoms with Crippen LogP contribution in [0.25, 0.3) is 11.0 Å². The molecule has 0 saturated heterocycles. The highest BCUT2D eigenvalue weighted by Gasteiger charge is 2.27. The average Bonchev–Trinajstić information content (AvgIpc) is 3.00. The molecule has 0 bridgehead atoms. The van der Waals surface area contributed by atoms with E-state index >= 15 is 0 Å². The smallest absolute Gasteiger partial charge is 0.306 e. The van der Waals surface area contributed by atoms with E-state index in [0.717, 1.165) is 23.9 Å². The van der Waals surface area contributed by atoms with Crippen molar-refractivity contribution in [3.63, 3.8) is 0 Å². The van der Waals surface area contributed by atoms with Gasteiger partial charge in [0, 0.05) is 6.04 Å². The van der Waals surface area contributed by atoms with E-state index in [1.165, 1.54) is 0 Å². The van der Waals surface area contributed by atoms with Gasteiger partial charge in [-0.1, -0.05) is 0 Å². The molecule has 0 spiro atoms. The predicted molar refractivity (Wildman–Crippen MR) is 55.5 cm³/mol. The molecule has 0 radical (unpaired) electrons. The molecule has 1 saturated carbocycles. The Morgan fingerprint density at radius 1 is 1.47 bits per heavy atom. The summed E-state index contributed by atoms with van der Waals surface area (Å²) >= 11 is 0. The number of nitrogens with one attached hydrogen (secondary N) is 1. The molecule has 3 rings (SSSR count). The lowest BCUT2D eigenvalue weighted by atomic mass is 10.2.